The molecule has 0 atom stereocenters. The minimum atomic E-state index is -0.100. The zero-order chi connectivity index (χ0) is 17.6. The second-order valence-electron chi connectivity index (χ2n) is 5.24. The molecule has 0 aliphatic carbocycles. The number of thiocarbonyl (C=S) groups is 1. The van der Waals surface area contributed by atoms with Gasteiger partial charge >= 0.3 is 0 Å². The first-order chi connectivity index (χ1) is 12.2. The average Bonchev–Trinajstić information content (AvgIpc) is 2.91. The Morgan fingerprint density at radius 1 is 1.12 bits per heavy atom. The Balaban J connectivity index is 1.75. The summed E-state index contributed by atoms with van der Waals surface area (Å²) in [5, 5.41) is 0. The van der Waals surface area contributed by atoms with E-state index in [1.54, 1.807) is 11.0 Å². The van der Waals surface area contributed by atoms with Crippen molar-refractivity contribution in [3.63, 3.8) is 0 Å². The molecule has 3 nitrogen and oxygen atoms in total. The molecule has 0 radical (unpaired) electrons. The van der Waals surface area contributed by atoms with Crippen LogP contribution in [0.15, 0.2) is 71.7 Å². The molecule has 3 rings (SSSR count). The summed E-state index contributed by atoms with van der Waals surface area (Å²) in [6.45, 7) is 2.54. The molecule has 0 bridgehead atoms. The van der Waals surface area contributed by atoms with Crippen molar-refractivity contribution in [3.05, 3.63) is 77.2 Å². The van der Waals surface area contributed by atoms with E-state index >= 15 is 0 Å². The molecule has 0 saturated carbocycles. The summed E-state index contributed by atoms with van der Waals surface area (Å²) < 4.78 is 5.97. The number of anilines is 1. The molecule has 0 spiro atoms. The van der Waals surface area contributed by atoms with Crippen molar-refractivity contribution in [1.29, 1.82) is 0 Å². The smallest absolute Gasteiger partial charge is 0.270 e. The van der Waals surface area contributed by atoms with Gasteiger partial charge in [-0.1, -0.05) is 66.5 Å². The molecule has 1 heterocycles. The highest BCUT2D eigenvalue weighted by molar-refractivity contribution is 8.27. The highest BCUT2D eigenvalue weighted by Gasteiger charge is 2.32. The Labute approximate surface area is 157 Å². The zero-order valence-electron chi connectivity index (χ0n) is 13.7. The quantitative estimate of drug-likeness (QED) is 0.546. The van der Waals surface area contributed by atoms with Crippen LogP contribution in [0, 0.1) is 0 Å². The van der Waals surface area contributed by atoms with Crippen LogP contribution in [0.25, 0.3) is 6.08 Å². The van der Waals surface area contributed by atoms with Crippen LogP contribution in [0.3, 0.4) is 0 Å². The molecule has 1 aliphatic heterocycles. The molecule has 2 aromatic carbocycles. The minimum Gasteiger partial charge on any atom is -0.494 e. The first-order valence-electron chi connectivity index (χ1n) is 7.91. The standard InChI is InChI=1S/C20H17NO2S2/c1-2-23-17-13-11-16(12-14-17)21-19(22)18(25-20(21)24)10-6-9-15-7-4-3-5-8-15/h3-14H,2H2,1H3/b9-6-,18-10-. The van der Waals surface area contributed by atoms with Gasteiger partial charge in [-0.3, -0.25) is 9.69 Å². The first-order valence-corrected chi connectivity index (χ1v) is 9.14. The Morgan fingerprint density at radius 2 is 1.84 bits per heavy atom. The highest BCUT2D eigenvalue weighted by Crippen LogP contribution is 2.35. The van der Waals surface area contributed by atoms with E-state index in [1.807, 2.05) is 73.7 Å². The molecule has 1 aliphatic rings. The molecular formula is C20H17NO2S2. The number of nitrogens with zero attached hydrogens (tertiary/aromatic N) is 1. The predicted octanol–water partition coefficient (Wildman–Crippen LogP) is 5.05. The van der Waals surface area contributed by atoms with E-state index in [9.17, 15) is 4.79 Å². The van der Waals surface area contributed by atoms with E-state index < -0.39 is 0 Å². The molecule has 1 saturated heterocycles. The topological polar surface area (TPSA) is 29.5 Å². The number of hydrogen-bond donors (Lipinski definition) is 0. The van der Waals surface area contributed by atoms with Gasteiger partial charge in [0, 0.05) is 0 Å². The lowest BCUT2D eigenvalue weighted by molar-refractivity contribution is -0.113. The summed E-state index contributed by atoms with van der Waals surface area (Å²) in [5.74, 6) is 0.676. The third kappa shape index (κ3) is 4.18. The van der Waals surface area contributed by atoms with Gasteiger partial charge in [0.1, 0.15) is 5.75 Å². The van der Waals surface area contributed by atoms with Gasteiger partial charge in [0.05, 0.1) is 17.2 Å². The van der Waals surface area contributed by atoms with Gasteiger partial charge in [0.15, 0.2) is 4.32 Å². The Kier molecular flexibility index (Phi) is 5.68. The van der Waals surface area contributed by atoms with Gasteiger partial charge in [0.25, 0.3) is 5.91 Å². The minimum absolute atomic E-state index is 0.100. The van der Waals surface area contributed by atoms with E-state index in [0.29, 0.717) is 15.8 Å². The number of thioether (sulfide) groups is 1. The first kappa shape index (κ1) is 17.5. The van der Waals surface area contributed by atoms with Crippen molar-refractivity contribution in [1.82, 2.24) is 0 Å². The molecule has 25 heavy (non-hydrogen) atoms. The van der Waals surface area contributed by atoms with Gasteiger partial charge in [0.2, 0.25) is 0 Å². The number of amides is 1. The van der Waals surface area contributed by atoms with E-state index in [2.05, 4.69) is 0 Å². The number of benzene rings is 2. The lowest BCUT2D eigenvalue weighted by Gasteiger charge is -2.15. The highest BCUT2D eigenvalue weighted by atomic mass is 32.2. The summed E-state index contributed by atoms with van der Waals surface area (Å²) >= 11 is 6.69. The summed E-state index contributed by atoms with van der Waals surface area (Å²) in [4.78, 5) is 14.8. The molecule has 2 aromatic rings. The molecular weight excluding hydrogens is 350 g/mol. The number of hydrogen-bond acceptors (Lipinski definition) is 4. The lowest BCUT2D eigenvalue weighted by Crippen LogP contribution is -2.27. The molecule has 0 N–H and O–H groups in total. The Hall–Kier alpha value is -2.37. The fourth-order valence-corrected chi connectivity index (χ4v) is 3.62. The maximum absolute atomic E-state index is 12.7. The number of ether oxygens (including phenoxy) is 1. The largest absolute Gasteiger partial charge is 0.494 e. The van der Waals surface area contributed by atoms with Crippen LogP contribution < -0.4 is 9.64 Å². The van der Waals surface area contributed by atoms with Crippen molar-refractivity contribution in [2.45, 2.75) is 6.92 Å². The van der Waals surface area contributed by atoms with E-state index in [-0.39, 0.29) is 5.91 Å². The molecule has 0 unspecified atom stereocenters. The van der Waals surface area contributed by atoms with Crippen molar-refractivity contribution in [2.75, 3.05) is 11.5 Å². The molecule has 5 heteroatoms. The van der Waals surface area contributed by atoms with E-state index in [0.717, 1.165) is 17.0 Å². The van der Waals surface area contributed by atoms with Crippen LogP contribution >= 0.6 is 24.0 Å². The van der Waals surface area contributed by atoms with Crippen LogP contribution in [0.5, 0.6) is 5.75 Å². The zero-order valence-corrected chi connectivity index (χ0v) is 15.3. The van der Waals surface area contributed by atoms with Gasteiger partial charge < -0.3 is 4.74 Å². The summed E-state index contributed by atoms with van der Waals surface area (Å²) in [7, 11) is 0. The van der Waals surface area contributed by atoms with E-state index in [1.165, 1.54) is 11.8 Å². The SMILES string of the molecule is CCOc1ccc(N2C(=O)/C(=C/C=C\c3ccccc3)SC2=S)cc1. The average molecular weight is 367 g/mol. The summed E-state index contributed by atoms with van der Waals surface area (Å²) in [6.07, 6.45) is 5.64. The maximum atomic E-state index is 12.7. The number of rotatable bonds is 5. The predicted molar refractivity (Wildman–Crippen MR) is 109 cm³/mol. The second kappa shape index (κ2) is 8.14. The molecule has 0 aromatic heterocycles. The van der Waals surface area contributed by atoms with Crippen LogP contribution in [0.1, 0.15) is 12.5 Å². The maximum Gasteiger partial charge on any atom is 0.270 e. The molecule has 126 valence electrons. The second-order valence-corrected chi connectivity index (χ2v) is 6.91. The van der Waals surface area contributed by atoms with Gasteiger partial charge in [-0.2, -0.15) is 0 Å². The third-order valence-corrected chi connectivity index (χ3v) is 4.86. The Bertz CT molecular complexity index is 827. The molecule has 1 amide bonds. The van der Waals surface area contributed by atoms with Crippen molar-refractivity contribution in [2.24, 2.45) is 0 Å². The Morgan fingerprint density at radius 3 is 2.52 bits per heavy atom. The van der Waals surface area contributed by atoms with Crippen LogP contribution in [-0.4, -0.2) is 16.8 Å². The van der Waals surface area contributed by atoms with Gasteiger partial charge in [-0.25, -0.2) is 0 Å². The number of allylic oxidation sites excluding steroid dienone is 2. The van der Waals surface area contributed by atoms with Crippen LogP contribution in [-0.2, 0) is 4.79 Å². The van der Waals surface area contributed by atoms with Crippen molar-refractivity contribution in [3.8, 4) is 5.75 Å². The van der Waals surface area contributed by atoms with Crippen molar-refractivity contribution < 1.29 is 9.53 Å². The normalized spacial score (nSPS) is 16.2. The van der Waals surface area contributed by atoms with Gasteiger partial charge in [-0.05, 0) is 42.8 Å². The summed E-state index contributed by atoms with van der Waals surface area (Å²) in [5.41, 5.74) is 1.84. The lowest BCUT2D eigenvalue weighted by atomic mass is 10.2. The van der Waals surface area contributed by atoms with Gasteiger partial charge in [-0.15, -0.1) is 0 Å². The van der Waals surface area contributed by atoms with Crippen LogP contribution in [0.2, 0.25) is 0 Å². The third-order valence-electron chi connectivity index (χ3n) is 3.54. The van der Waals surface area contributed by atoms with E-state index in [4.69, 9.17) is 17.0 Å². The number of carbonyl (C=O) groups excluding carboxylic acids is 1. The molecule has 1 fully saturated rings. The van der Waals surface area contributed by atoms with Crippen molar-refractivity contribution >= 4 is 46.0 Å². The van der Waals surface area contributed by atoms with Crippen LogP contribution in [0.4, 0.5) is 5.69 Å². The fraction of sp³-hybridized carbons (Fsp3) is 0.100. The summed E-state index contributed by atoms with van der Waals surface area (Å²) in [6, 6.07) is 17.3. The number of carbonyl (C=O) groups is 1. The monoisotopic (exact) mass is 367 g/mol. The fourth-order valence-electron chi connectivity index (χ4n) is 2.37.